The highest BCUT2D eigenvalue weighted by molar-refractivity contribution is 5.97. The minimum Gasteiger partial charge on any atom is -0.408 e. The van der Waals surface area contributed by atoms with Crippen LogP contribution in [0.5, 0.6) is 0 Å². The fourth-order valence-electron chi connectivity index (χ4n) is 2.29. The molecule has 0 atom stereocenters. The van der Waals surface area contributed by atoms with Gasteiger partial charge in [0.05, 0.1) is 5.52 Å². The number of rotatable bonds is 2. The van der Waals surface area contributed by atoms with E-state index in [1.165, 1.54) is 0 Å². The van der Waals surface area contributed by atoms with Crippen molar-refractivity contribution in [1.29, 1.82) is 0 Å². The van der Waals surface area contributed by atoms with Gasteiger partial charge in [-0.25, -0.2) is 4.79 Å². The van der Waals surface area contributed by atoms with Crippen LogP contribution in [-0.4, -0.2) is 53.3 Å². The summed E-state index contributed by atoms with van der Waals surface area (Å²) in [6.07, 6.45) is 0.794. The fourth-order valence-corrected chi connectivity index (χ4v) is 2.29. The van der Waals surface area contributed by atoms with Gasteiger partial charge in [-0.3, -0.25) is 14.6 Å². The first-order valence-corrected chi connectivity index (χ1v) is 6.29. The zero-order valence-electron chi connectivity index (χ0n) is 10.7. The zero-order chi connectivity index (χ0) is 14.1. The molecule has 0 radical (unpaired) electrons. The maximum Gasteiger partial charge on any atom is 0.417 e. The van der Waals surface area contributed by atoms with Crippen LogP contribution in [0.3, 0.4) is 0 Å². The molecule has 104 valence electrons. The van der Waals surface area contributed by atoms with Crippen LogP contribution in [0.25, 0.3) is 11.1 Å². The van der Waals surface area contributed by atoms with E-state index in [1.807, 2.05) is 0 Å². The Morgan fingerprint density at radius 3 is 2.70 bits per heavy atom. The Balaban J connectivity index is 1.81. The average Bonchev–Trinajstić information content (AvgIpc) is 2.85. The normalized spacial score (nSPS) is 15.6. The van der Waals surface area contributed by atoms with Gasteiger partial charge in [0.15, 0.2) is 5.58 Å². The number of fused-ring (bicyclic) bond motifs is 1. The molecule has 0 spiro atoms. The van der Waals surface area contributed by atoms with Gasteiger partial charge in [-0.2, -0.15) is 0 Å². The van der Waals surface area contributed by atoms with Gasteiger partial charge in [-0.1, -0.05) is 0 Å². The molecule has 0 bridgehead atoms. The number of nitrogens with zero attached hydrogens (tertiary/aromatic N) is 2. The molecule has 2 aromatic rings. The molecule has 1 aliphatic heterocycles. The van der Waals surface area contributed by atoms with Gasteiger partial charge in [-0.15, -0.1) is 0 Å². The molecule has 2 amide bonds. The van der Waals surface area contributed by atoms with Gasteiger partial charge >= 0.3 is 5.76 Å². The van der Waals surface area contributed by atoms with E-state index in [0.717, 1.165) is 6.41 Å². The number of aromatic amines is 1. The Kier molecular flexibility index (Phi) is 3.02. The molecule has 3 rings (SSSR count). The van der Waals surface area contributed by atoms with Gasteiger partial charge in [0.25, 0.3) is 5.91 Å². The van der Waals surface area contributed by atoms with Crippen LogP contribution in [0.4, 0.5) is 0 Å². The first kappa shape index (κ1) is 12.5. The molecule has 1 aliphatic rings. The van der Waals surface area contributed by atoms with Gasteiger partial charge < -0.3 is 14.2 Å². The third-order valence-electron chi connectivity index (χ3n) is 3.42. The number of nitrogens with one attached hydrogen (secondary N) is 1. The van der Waals surface area contributed by atoms with Crippen LogP contribution in [0, 0.1) is 0 Å². The smallest absolute Gasteiger partial charge is 0.408 e. The van der Waals surface area contributed by atoms with Gasteiger partial charge in [0.2, 0.25) is 6.41 Å². The summed E-state index contributed by atoms with van der Waals surface area (Å²) in [6.45, 7) is 2.09. The summed E-state index contributed by atoms with van der Waals surface area (Å²) in [5, 5.41) is 0. The Morgan fingerprint density at radius 2 is 2.00 bits per heavy atom. The van der Waals surface area contributed by atoms with Crippen molar-refractivity contribution in [1.82, 2.24) is 14.8 Å². The molecule has 1 saturated heterocycles. The van der Waals surface area contributed by atoms with Crippen LogP contribution in [0.15, 0.2) is 27.4 Å². The quantitative estimate of drug-likeness (QED) is 0.784. The molecule has 1 N–H and O–H groups in total. The Bertz CT molecular complexity index is 710. The van der Waals surface area contributed by atoms with Crippen molar-refractivity contribution in [2.24, 2.45) is 0 Å². The number of benzene rings is 1. The number of piperazine rings is 1. The second-order valence-corrected chi connectivity index (χ2v) is 4.66. The topological polar surface area (TPSA) is 86.6 Å². The minimum absolute atomic E-state index is 0.124. The van der Waals surface area contributed by atoms with Crippen LogP contribution in [0.2, 0.25) is 0 Å². The highest BCUT2D eigenvalue weighted by Crippen LogP contribution is 2.15. The lowest BCUT2D eigenvalue weighted by Crippen LogP contribution is -2.48. The second-order valence-electron chi connectivity index (χ2n) is 4.66. The standard InChI is InChI=1S/C13H13N3O4/c17-8-15-3-5-16(6-4-15)12(18)9-1-2-10-11(7-9)20-13(19)14-10/h1-2,7-8H,3-6H2,(H,14,19). The first-order chi connectivity index (χ1) is 9.67. The summed E-state index contributed by atoms with van der Waals surface area (Å²) < 4.78 is 4.94. The maximum absolute atomic E-state index is 12.3. The molecule has 1 aromatic heterocycles. The van der Waals surface area contributed by atoms with Gasteiger partial charge in [-0.05, 0) is 18.2 Å². The van der Waals surface area contributed by atoms with Crippen molar-refractivity contribution in [3.8, 4) is 0 Å². The Hall–Kier alpha value is -2.57. The minimum atomic E-state index is -0.538. The molecule has 2 heterocycles. The lowest BCUT2D eigenvalue weighted by molar-refractivity contribution is -0.119. The second kappa shape index (κ2) is 4.84. The largest absolute Gasteiger partial charge is 0.417 e. The molecule has 0 aliphatic carbocycles. The van der Waals surface area contributed by atoms with Crippen molar-refractivity contribution in [2.75, 3.05) is 26.2 Å². The van der Waals surface area contributed by atoms with Crippen molar-refractivity contribution in [3.05, 3.63) is 34.3 Å². The highest BCUT2D eigenvalue weighted by atomic mass is 16.4. The maximum atomic E-state index is 12.3. The van der Waals surface area contributed by atoms with Crippen LogP contribution >= 0.6 is 0 Å². The summed E-state index contributed by atoms with van der Waals surface area (Å²) in [4.78, 5) is 39.9. The summed E-state index contributed by atoms with van der Waals surface area (Å²) in [7, 11) is 0. The third-order valence-corrected chi connectivity index (χ3v) is 3.42. The predicted octanol–water partition coefficient (Wildman–Crippen LogP) is 0.0353. The zero-order valence-corrected chi connectivity index (χ0v) is 10.7. The molecule has 0 saturated carbocycles. The van der Waals surface area contributed by atoms with Crippen LogP contribution < -0.4 is 5.76 Å². The lowest BCUT2D eigenvalue weighted by Gasteiger charge is -2.32. The Morgan fingerprint density at radius 1 is 1.25 bits per heavy atom. The van der Waals surface area contributed by atoms with Crippen LogP contribution in [0.1, 0.15) is 10.4 Å². The number of hydrogen-bond acceptors (Lipinski definition) is 4. The van der Waals surface area contributed by atoms with Gasteiger partial charge in [0.1, 0.15) is 0 Å². The number of amides is 2. The first-order valence-electron chi connectivity index (χ1n) is 6.29. The molecule has 1 aromatic carbocycles. The monoisotopic (exact) mass is 275 g/mol. The lowest BCUT2D eigenvalue weighted by atomic mass is 10.1. The number of oxazole rings is 1. The molecule has 20 heavy (non-hydrogen) atoms. The van der Waals surface area contributed by atoms with Crippen molar-refractivity contribution in [2.45, 2.75) is 0 Å². The van der Waals surface area contributed by atoms with E-state index >= 15 is 0 Å². The number of carbonyl (C=O) groups excluding carboxylic acids is 2. The van der Waals surface area contributed by atoms with Gasteiger partial charge in [0, 0.05) is 31.7 Å². The van der Waals surface area contributed by atoms with E-state index < -0.39 is 5.76 Å². The molecule has 7 heteroatoms. The molecular weight excluding hydrogens is 262 g/mol. The summed E-state index contributed by atoms with van der Waals surface area (Å²) in [5.74, 6) is -0.662. The van der Waals surface area contributed by atoms with E-state index in [2.05, 4.69) is 4.98 Å². The number of aromatic nitrogens is 1. The van der Waals surface area contributed by atoms with E-state index in [1.54, 1.807) is 28.0 Å². The van der Waals surface area contributed by atoms with Crippen LogP contribution in [-0.2, 0) is 4.79 Å². The molecular formula is C13H13N3O4. The third kappa shape index (κ3) is 2.18. The average molecular weight is 275 g/mol. The molecule has 1 fully saturated rings. The van der Waals surface area contributed by atoms with E-state index in [0.29, 0.717) is 42.8 Å². The van der Waals surface area contributed by atoms with Crippen molar-refractivity contribution < 1.29 is 14.0 Å². The summed E-state index contributed by atoms with van der Waals surface area (Å²) in [6, 6.07) is 4.86. The van der Waals surface area contributed by atoms with Crippen molar-refractivity contribution in [3.63, 3.8) is 0 Å². The summed E-state index contributed by atoms with van der Waals surface area (Å²) >= 11 is 0. The fraction of sp³-hybridized carbons (Fsp3) is 0.308. The number of carbonyl (C=O) groups is 2. The summed E-state index contributed by atoms with van der Waals surface area (Å²) in [5.41, 5.74) is 1.41. The molecule has 0 unspecified atom stereocenters. The van der Waals surface area contributed by atoms with Crippen molar-refractivity contribution >= 4 is 23.4 Å². The Labute approximate surface area is 113 Å². The number of hydrogen-bond donors (Lipinski definition) is 1. The van der Waals surface area contributed by atoms with E-state index in [9.17, 15) is 14.4 Å². The highest BCUT2D eigenvalue weighted by Gasteiger charge is 2.21. The molecule has 7 nitrogen and oxygen atoms in total. The van der Waals surface area contributed by atoms with E-state index in [-0.39, 0.29) is 5.91 Å². The SMILES string of the molecule is O=CN1CCN(C(=O)c2ccc3[nH]c(=O)oc3c2)CC1. The predicted molar refractivity (Wildman–Crippen MR) is 70.4 cm³/mol. The van der Waals surface area contributed by atoms with E-state index in [4.69, 9.17) is 4.42 Å². The number of H-pyrrole nitrogens is 1.